The molecule has 1 aliphatic carbocycles. The molecule has 5 heteroatoms. The van der Waals surface area contributed by atoms with Gasteiger partial charge in [-0.25, -0.2) is 9.78 Å². The third-order valence-corrected chi connectivity index (χ3v) is 3.89. The number of methoxy groups -OCH3 is 1. The number of esters is 1. The molecule has 0 amide bonds. The molecule has 0 bridgehead atoms. The molecule has 1 aliphatic rings. The lowest BCUT2D eigenvalue weighted by atomic mass is 10.1. The number of aromatic nitrogens is 1. The molecular weight excluding hydrogens is 268 g/mol. The van der Waals surface area contributed by atoms with Crippen LogP contribution in [0.25, 0.3) is 0 Å². The molecule has 1 unspecified atom stereocenters. The smallest absolute Gasteiger partial charge is 0.339 e. The number of carbonyl (C=O) groups excluding carboxylic acids is 1. The van der Waals surface area contributed by atoms with E-state index in [-0.39, 0.29) is 5.97 Å². The molecule has 1 aromatic rings. The fourth-order valence-corrected chi connectivity index (χ4v) is 2.44. The fraction of sp³-hybridized carbons (Fsp3) is 0.625. The number of hydrogen-bond donors (Lipinski definition) is 0. The monoisotopic (exact) mass is 292 g/mol. The lowest BCUT2D eigenvalue weighted by Gasteiger charge is -2.30. The SMILES string of the molecule is CCOC(=O)c1ccc(N(CCOC)C(C)C2CC2)nc1. The third-order valence-electron chi connectivity index (χ3n) is 3.89. The Hall–Kier alpha value is -1.62. The minimum Gasteiger partial charge on any atom is -0.462 e. The van der Waals surface area contributed by atoms with Gasteiger partial charge in [-0.3, -0.25) is 0 Å². The van der Waals surface area contributed by atoms with E-state index in [0.717, 1.165) is 18.3 Å². The van der Waals surface area contributed by atoms with E-state index in [1.165, 1.54) is 12.8 Å². The maximum absolute atomic E-state index is 11.7. The van der Waals surface area contributed by atoms with Crippen LogP contribution in [-0.4, -0.2) is 43.9 Å². The van der Waals surface area contributed by atoms with Crippen LogP contribution in [0.4, 0.5) is 5.82 Å². The van der Waals surface area contributed by atoms with Gasteiger partial charge < -0.3 is 14.4 Å². The van der Waals surface area contributed by atoms with Gasteiger partial charge >= 0.3 is 5.97 Å². The molecule has 5 nitrogen and oxygen atoms in total. The van der Waals surface area contributed by atoms with Gasteiger partial charge in [0.25, 0.3) is 0 Å². The van der Waals surface area contributed by atoms with E-state index in [1.807, 2.05) is 6.07 Å². The largest absolute Gasteiger partial charge is 0.462 e. The summed E-state index contributed by atoms with van der Waals surface area (Å²) in [5.41, 5.74) is 0.492. The van der Waals surface area contributed by atoms with Crippen LogP contribution in [-0.2, 0) is 9.47 Å². The Bertz CT molecular complexity index is 457. The van der Waals surface area contributed by atoms with E-state index < -0.39 is 0 Å². The second-order valence-electron chi connectivity index (χ2n) is 5.39. The molecule has 1 saturated carbocycles. The molecule has 0 spiro atoms. The first-order chi connectivity index (χ1) is 10.2. The van der Waals surface area contributed by atoms with Gasteiger partial charge in [0.05, 0.1) is 18.8 Å². The van der Waals surface area contributed by atoms with E-state index in [9.17, 15) is 4.79 Å². The normalized spacial score (nSPS) is 15.6. The van der Waals surface area contributed by atoms with Crippen molar-refractivity contribution in [2.45, 2.75) is 32.7 Å². The predicted octanol–water partition coefficient (Wildman–Crippen LogP) is 2.51. The van der Waals surface area contributed by atoms with Crippen LogP contribution in [0.3, 0.4) is 0 Å². The Kier molecular flexibility index (Phi) is 5.56. The molecule has 0 radical (unpaired) electrons. The summed E-state index contributed by atoms with van der Waals surface area (Å²) in [5.74, 6) is 1.31. The first-order valence-electron chi connectivity index (χ1n) is 7.56. The highest BCUT2D eigenvalue weighted by Crippen LogP contribution is 2.36. The topological polar surface area (TPSA) is 51.7 Å². The van der Waals surface area contributed by atoms with Gasteiger partial charge in [-0.15, -0.1) is 0 Å². The Balaban J connectivity index is 2.09. The standard InChI is InChI=1S/C16H24N2O3/c1-4-21-16(19)14-7-8-15(17-11-14)18(9-10-20-3)12(2)13-5-6-13/h7-8,11-13H,4-6,9-10H2,1-3H3. The summed E-state index contributed by atoms with van der Waals surface area (Å²) in [7, 11) is 1.71. The number of nitrogens with zero attached hydrogens (tertiary/aromatic N) is 2. The molecule has 0 aromatic carbocycles. The maximum Gasteiger partial charge on any atom is 0.339 e. The van der Waals surface area contributed by atoms with Crippen LogP contribution in [0, 0.1) is 5.92 Å². The van der Waals surface area contributed by atoms with Crippen molar-refractivity contribution in [3.8, 4) is 0 Å². The van der Waals surface area contributed by atoms with Crippen molar-refractivity contribution in [3.05, 3.63) is 23.9 Å². The van der Waals surface area contributed by atoms with Gasteiger partial charge in [-0.1, -0.05) is 0 Å². The van der Waals surface area contributed by atoms with Crippen molar-refractivity contribution in [2.24, 2.45) is 5.92 Å². The van der Waals surface area contributed by atoms with Gasteiger partial charge in [0.2, 0.25) is 0 Å². The molecule has 0 aliphatic heterocycles. The molecule has 1 fully saturated rings. The minimum atomic E-state index is -0.324. The molecule has 1 heterocycles. The summed E-state index contributed by atoms with van der Waals surface area (Å²) in [6.07, 6.45) is 4.16. The van der Waals surface area contributed by atoms with Crippen molar-refractivity contribution in [3.63, 3.8) is 0 Å². The van der Waals surface area contributed by atoms with Gasteiger partial charge in [0, 0.05) is 25.9 Å². The number of hydrogen-bond acceptors (Lipinski definition) is 5. The summed E-state index contributed by atoms with van der Waals surface area (Å²) in [6, 6.07) is 4.11. The average Bonchev–Trinajstić information content (AvgIpc) is 3.33. The van der Waals surface area contributed by atoms with Crippen LogP contribution in [0.1, 0.15) is 37.0 Å². The van der Waals surface area contributed by atoms with Crippen molar-refractivity contribution in [2.75, 3.05) is 31.8 Å². The number of ether oxygens (including phenoxy) is 2. The summed E-state index contributed by atoms with van der Waals surface area (Å²) >= 11 is 0. The zero-order chi connectivity index (χ0) is 15.2. The van der Waals surface area contributed by atoms with Crippen LogP contribution in [0.5, 0.6) is 0 Å². The van der Waals surface area contributed by atoms with Crippen molar-refractivity contribution < 1.29 is 14.3 Å². The average molecular weight is 292 g/mol. The molecule has 1 aromatic heterocycles. The second kappa shape index (κ2) is 7.41. The van der Waals surface area contributed by atoms with E-state index in [2.05, 4.69) is 16.8 Å². The Morgan fingerprint density at radius 2 is 2.24 bits per heavy atom. The van der Waals surface area contributed by atoms with Gasteiger partial charge in [-0.2, -0.15) is 0 Å². The van der Waals surface area contributed by atoms with Gasteiger partial charge in [0.1, 0.15) is 5.82 Å². The predicted molar refractivity (Wildman–Crippen MR) is 81.6 cm³/mol. The molecular formula is C16H24N2O3. The molecule has 2 rings (SSSR count). The summed E-state index contributed by atoms with van der Waals surface area (Å²) in [5, 5.41) is 0. The third kappa shape index (κ3) is 4.17. The van der Waals surface area contributed by atoms with E-state index >= 15 is 0 Å². The maximum atomic E-state index is 11.7. The number of carbonyl (C=O) groups is 1. The molecule has 116 valence electrons. The van der Waals surface area contributed by atoms with Gasteiger partial charge in [-0.05, 0) is 44.7 Å². The van der Waals surface area contributed by atoms with Crippen molar-refractivity contribution in [1.82, 2.24) is 4.98 Å². The summed E-state index contributed by atoms with van der Waals surface area (Å²) < 4.78 is 10.2. The fourth-order valence-electron chi connectivity index (χ4n) is 2.44. The lowest BCUT2D eigenvalue weighted by Crippen LogP contribution is -2.37. The Morgan fingerprint density at radius 1 is 1.48 bits per heavy atom. The first kappa shape index (κ1) is 15.8. The summed E-state index contributed by atoms with van der Waals surface area (Å²) in [4.78, 5) is 18.4. The first-order valence-corrected chi connectivity index (χ1v) is 7.56. The van der Waals surface area contributed by atoms with Crippen LogP contribution in [0.15, 0.2) is 18.3 Å². The number of anilines is 1. The lowest BCUT2D eigenvalue weighted by molar-refractivity contribution is 0.0526. The number of rotatable bonds is 8. The molecule has 21 heavy (non-hydrogen) atoms. The van der Waals surface area contributed by atoms with E-state index in [4.69, 9.17) is 9.47 Å². The summed E-state index contributed by atoms with van der Waals surface area (Å²) in [6.45, 7) is 5.87. The zero-order valence-electron chi connectivity index (χ0n) is 13.0. The van der Waals surface area contributed by atoms with E-state index in [1.54, 1.807) is 26.3 Å². The number of pyridine rings is 1. The van der Waals surface area contributed by atoms with Crippen molar-refractivity contribution >= 4 is 11.8 Å². The molecule has 0 saturated heterocycles. The van der Waals surface area contributed by atoms with Gasteiger partial charge in [0.15, 0.2) is 0 Å². The highest BCUT2D eigenvalue weighted by molar-refractivity contribution is 5.89. The van der Waals surface area contributed by atoms with Crippen LogP contribution < -0.4 is 4.90 Å². The van der Waals surface area contributed by atoms with E-state index in [0.29, 0.717) is 24.8 Å². The second-order valence-corrected chi connectivity index (χ2v) is 5.39. The Morgan fingerprint density at radius 3 is 2.76 bits per heavy atom. The molecule has 0 N–H and O–H groups in total. The highest BCUT2D eigenvalue weighted by atomic mass is 16.5. The molecule has 1 atom stereocenters. The van der Waals surface area contributed by atoms with Crippen LogP contribution in [0.2, 0.25) is 0 Å². The minimum absolute atomic E-state index is 0.324. The Labute approximate surface area is 126 Å². The van der Waals surface area contributed by atoms with Crippen LogP contribution >= 0.6 is 0 Å². The quantitative estimate of drug-likeness (QED) is 0.689. The van der Waals surface area contributed by atoms with Crippen molar-refractivity contribution in [1.29, 1.82) is 0 Å². The highest BCUT2D eigenvalue weighted by Gasteiger charge is 2.32. The zero-order valence-corrected chi connectivity index (χ0v) is 13.0.